The van der Waals surface area contributed by atoms with E-state index in [-0.39, 0.29) is 5.92 Å². The Hall–Kier alpha value is -2.24. The van der Waals surface area contributed by atoms with Crippen LogP contribution in [0.4, 0.5) is 0 Å². The van der Waals surface area contributed by atoms with E-state index in [0.717, 1.165) is 6.42 Å². The number of carbonyl (C=O) groups excluding carboxylic acids is 1. The molecule has 120 valence electrons. The molecule has 1 aromatic carbocycles. The van der Waals surface area contributed by atoms with Crippen LogP contribution in [0.5, 0.6) is 11.5 Å². The summed E-state index contributed by atoms with van der Waals surface area (Å²) in [7, 11) is 0. The number of benzene rings is 1. The highest BCUT2D eigenvalue weighted by Gasteiger charge is 2.22. The van der Waals surface area contributed by atoms with Crippen LogP contribution in [0.2, 0.25) is 0 Å². The number of carbonyl (C=O) groups is 2. The minimum absolute atomic E-state index is 0.171. The van der Waals surface area contributed by atoms with Gasteiger partial charge in [0.25, 0.3) is 5.91 Å². The van der Waals surface area contributed by atoms with Crippen molar-refractivity contribution in [2.45, 2.75) is 32.7 Å². The van der Waals surface area contributed by atoms with Gasteiger partial charge in [0.05, 0.1) is 13.2 Å². The smallest absolute Gasteiger partial charge is 0.326 e. The molecule has 1 aliphatic heterocycles. The average molecular weight is 307 g/mol. The topological polar surface area (TPSA) is 84.9 Å². The lowest BCUT2D eigenvalue weighted by Crippen LogP contribution is -2.41. The lowest BCUT2D eigenvalue weighted by atomic mass is 10.0. The Bertz CT molecular complexity index is 555. The summed E-state index contributed by atoms with van der Waals surface area (Å²) in [5.74, 6) is -0.169. The van der Waals surface area contributed by atoms with Crippen LogP contribution in [0.3, 0.4) is 0 Å². The highest BCUT2D eigenvalue weighted by molar-refractivity contribution is 5.97. The summed E-state index contributed by atoms with van der Waals surface area (Å²) >= 11 is 0. The standard InChI is InChI=1S/C16H21NO5/c1-10(2)8-12(16(19)20)17-15(18)11-4-5-13-14(9-11)22-7-3-6-21-13/h4-5,9-10,12H,3,6-8H2,1-2H3,(H,17,18)(H,19,20)/t12-/m0/s1. The van der Waals surface area contributed by atoms with Gasteiger partial charge in [-0.1, -0.05) is 13.8 Å². The Balaban J connectivity index is 2.11. The van der Waals surface area contributed by atoms with E-state index >= 15 is 0 Å². The van der Waals surface area contributed by atoms with Gasteiger partial charge in [-0.15, -0.1) is 0 Å². The number of hydrogen-bond donors (Lipinski definition) is 2. The molecule has 6 nitrogen and oxygen atoms in total. The van der Waals surface area contributed by atoms with Crippen molar-refractivity contribution in [1.29, 1.82) is 0 Å². The molecule has 1 aromatic rings. The molecule has 0 radical (unpaired) electrons. The molecule has 2 rings (SSSR count). The zero-order valence-electron chi connectivity index (χ0n) is 12.8. The summed E-state index contributed by atoms with van der Waals surface area (Å²) < 4.78 is 11.0. The first-order valence-electron chi connectivity index (χ1n) is 7.40. The van der Waals surface area contributed by atoms with Crippen LogP contribution >= 0.6 is 0 Å². The first-order valence-corrected chi connectivity index (χ1v) is 7.40. The largest absolute Gasteiger partial charge is 0.490 e. The van der Waals surface area contributed by atoms with Crippen molar-refractivity contribution in [3.8, 4) is 11.5 Å². The number of ether oxygens (including phenoxy) is 2. The van der Waals surface area contributed by atoms with Crippen LogP contribution in [0.25, 0.3) is 0 Å². The van der Waals surface area contributed by atoms with Crippen LogP contribution in [-0.4, -0.2) is 36.2 Å². The summed E-state index contributed by atoms with van der Waals surface area (Å²) in [5, 5.41) is 11.7. The second-order valence-corrected chi connectivity index (χ2v) is 5.71. The number of rotatable bonds is 5. The molecule has 0 saturated carbocycles. The van der Waals surface area contributed by atoms with Crippen molar-refractivity contribution in [1.82, 2.24) is 5.32 Å². The van der Waals surface area contributed by atoms with Gasteiger partial charge in [-0.3, -0.25) is 4.79 Å². The number of carboxylic acids is 1. The summed E-state index contributed by atoms with van der Waals surface area (Å²) in [6, 6.07) is 3.97. The maximum atomic E-state index is 12.2. The van der Waals surface area contributed by atoms with E-state index in [9.17, 15) is 14.7 Å². The molecule has 6 heteroatoms. The first kappa shape index (κ1) is 16.1. The Morgan fingerprint density at radius 2 is 1.91 bits per heavy atom. The van der Waals surface area contributed by atoms with Gasteiger partial charge in [0.15, 0.2) is 11.5 Å². The van der Waals surface area contributed by atoms with Gasteiger partial charge in [0.2, 0.25) is 0 Å². The minimum atomic E-state index is -1.03. The van der Waals surface area contributed by atoms with Gasteiger partial charge < -0.3 is 19.9 Å². The summed E-state index contributed by atoms with van der Waals surface area (Å²) in [5.41, 5.74) is 0.360. The zero-order valence-corrected chi connectivity index (χ0v) is 12.8. The molecular weight excluding hydrogens is 286 g/mol. The molecule has 0 saturated heterocycles. The van der Waals surface area contributed by atoms with Crippen LogP contribution in [0.1, 0.15) is 37.0 Å². The second-order valence-electron chi connectivity index (χ2n) is 5.71. The molecular formula is C16H21NO5. The zero-order chi connectivity index (χ0) is 16.1. The normalized spacial score (nSPS) is 15.0. The van der Waals surface area contributed by atoms with Gasteiger partial charge in [-0.25, -0.2) is 4.79 Å². The third-order valence-corrected chi connectivity index (χ3v) is 3.32. The number of carboxylic acid groups (broad SMARTS) is 1. The lowest BCUT2D eigenvalue weighted by molar-refractivity contribution is -0.139. The molecule has 0 bridgehead atoms. The fraction of sp³-hybridized carbons (Fsp3) is 0.500. The molecule has 0 unspecified atom stereocenters. The van der Waals surface area contributed by atoms with E-state index in [1.165, 1.54) is 0 Å². The predicted octanol–water partition coefficient (Wildman–Crippen LogP) is 2.08. The highest BCUT2D eigenvalue weighted by Crippen LogP contribution is 2.30. The number of amides is 1. The molecule has 0 aromatic heterocycles. The monoisotopic (exact) mass is 307 g/mol. The maximum Gasteiger partial charge on any atom is 0.326 e. The van der Waals surface area contributed by atoms with Gasteiger partial charge >= 0.3 is 5.97 Å². The Labute approximate surface area is 129 Å². The number of hydrogen-bond acceptors (Lipinski definition) is 4. The van der Waals surface area contributed by atoms with Crippen molar-refractivity contribution >= 4 is 11.9 Å². The lowest BCUT2D eigenvalue weighted by Gasteiger charge is -2.17. The second kappa shape index (κ2) is 7.15. The Kier molecular flexibility index (Phi) is 5.25. The first-order chi connectivity index (χ1) is 10.5. The summed E-state index contributed by atoms with van der Waals surface area (Å²) in [6.07, 6.45) is 1.16. The Morgan fingerprint density at radius 3 is 2.55 bits per heavy atom. The van der Waals surface area contributed by atoms with Crippen molar-refractivity contribution in [2.75, 3.05) is 13.2 Å². The fourth-order valence-electron chi connectivity index (χ4n) is 2.24. The fourth-order valence-corrected chi connectivity index (χ4v) is 2.24. The van der Waals surface area contributed by atoms with Crippen molar-refractivity contribution in [2.24, 2.45) is 5.92 Å². The van der Waals surface area contributed by atoms with E-state index in [0.29, 0.717) is 36.7 Å². The van der Waals surface area contributed by atoms with E-state index < -0.39 is 17.9 Å². The number of fused-ring (bicyclic) bond motifs is 1. The minimum Gasteiger partial charge on any atom is -0.490 e. The number of aliphatic carboxylic acids is 1. The van der Waals surface area contributed by atoms with E-state index in [1.807, 2.05) is 13.8 Å². The molecule has 2 N–H and O–H groups in total. The molecule has 0 spiro atoms. The van der Waals surface area contributed by atoms with Crippen LogP contribution in [0, 0.1) is 5.92 Å². The van der Waals surface area contributed by atoms with E-state index in [1.54, 1.807) is 18.2 Å². The van der Waals surface area contributed by atoms with E-state index in [4.69, 9.17) is 9.47 Å². The van der Waals surface area contributed by atoms with Crippen molar-refractivity contribution in [3.05, 3.63) is 23.8 Å². The van der Waals surface area contributed by atoms with Crippen LogP contribution < -0.4 is 14.8 Å². The number of nitrogens with one attached hydrogen (secondary N) is 1. The quantitative estimate of drug-likeness (QED) is 0.870. The highest BCUT2D eigenvalue weighted by atomic mass is 16.5. The van der Waals surface area contributed by atoms with Gasteiger partial charge in [-0.05, 0) is 30.5 Å². The Morgan fingerprint density at radius 1 is 1.23 bits per heavy atom. The van der Waals surface area contributed by atoms with Gasteiger partial charge in [-0.2, -0.15) is 0 Å². The van der Waals surface area contributed by atoms with Crippen LogP contribution in [0.15, 0.2) is 18.2 Å². The molecule has 1 heterocycles. The van der Waals surface area contributed by atoms with Crippen molar-refractivity contribution in [3.63, 3.8) is 0 Å². The molecule has 1 aliphatic rings. The molecule has 0 aliphatic carbocycles. The predicted molar refractivity (Wildman–Crippen MR) is 80.4 cm³/mol. The SMILES string of the molecule is CC(C)C[C@H](NC(=O)c1ccc2c(c1)OCCCO2)C(=O)O. The summed E-state index contributed by atoms with van der Waals surface area (Å²) in [6.45, 7) is 4.93. The van der Waals surface area contributed by atoms with Crippen LogP contribution in [-0.2, 0) is 4.79 Å². The van der Waals surface area contributed by atoms with Gasteiger partial charge in [0.1, 0.15) is 6.04 Å². The third kappa shape index (κ3) is 4.13. The molecule has 1 amide bonds. The maximum absolute atomic E-state index is 12.2. The molecule has 22 heavy (non-hydrogen) atoms. The summed E-state index contributed by atoms with van der Waals surface area (Å²) in [4.78, 5) is 23.5. The van der Waals surface area contributed by atoms with Gasteiger partial charge in [0, 0.05) is 12.0 Å². The molecule has 0 fully saturated rings. The third-order valence-electron chi connectivity index (χ3n) is 3.32. The van der Waals surface area contributed by atoms with E-state index in [2.05, 4.69) is 5.32 Å². The molecule has 1 atom stereocenters. The average Bonchev–Trinajstić information content (AvgIpc) is 2.70. The van der Waals surface area contributed by atoms with Crippen molar-refractivity contribution < 1.29 is 24.2 Å².